The molecule has 1 aromatic carbocycles. The van der Waals surface area contributed by atoms with E-state index in [0.29, 0.717) is 0 Å². The van der Waals surface area contributed by atoms with E-state index in [1.807, 2.05) is 19.1 Å². The number of aliphatic imine (C=N–C) groups is 1. The van der Waals surface area contributed by atoms with Crippen LogP contribution in [0.2, 0.25) is 0 Å². The van der Waals surface area contributed by atoms with Crippen molar-refractivity contribution in [1.82, 2.24) is 4.98 Å². The third-order valence-corrected chi connectivity index (χ3v) is 2.17. The fraction of sp³-hybridized carbons (Fsp3) is 0.0833. The van der Waals surface area contributed by atoms with Crippen LogP contribution in [0.25, 0.3) is 10.9 Å². The van der Waals surface area contributed by atoms with Crippen molar-refractivity contribution in [2.75, 3.05) is 0 Å². The lowest BCUT2D eigenvalue weighted by molar-refractivity contribution is 1.29. The van der Waals surface area contributed by atoms with E-state index in [2.05, 4.69) is 28.7 Å². The van der Waals surface area contributed by atoms with Gasteiger partial charge >= 0.3 is 0 Å². The summed E-state index contributed by atoms with van der Waals surface area (Å²) < 4.78 is 0. The van der Waals surface area contributed by atoms with Gasteiger partial charge in [-0.25, -0.2) is 0 Å². The minimum Gasteiger partial charge on any atom is -0.357 e. The summed E-state index contributed by atoms with van der Waals surface area (Å²) in [6.45, 7) is 5.63. The first-order valence-electron chi connectivity index (χ1n) is 4.55. The lowest BCUT2D eigenvalue weighted by Crippen LogP contribution is -1.68. The van der Waals surface area contributed by atoms with E-state index in [1.54, 1.807) is 12.3 Å². The average molecular weight is 184 g/mol. The van der Waals surface area contributed by atoms with Crippen LogP contribution in [-0.4, -0.2) is 11.2 Å². The van der Waals surface area contributed by atoms with Crippen molar-refractivity contribution in [2.24, 2.45) is 4.99 Å². The molecule has 2 heteroatoms. The summed E-state index contributed by atoms with van der Waals surface area (Å²) in [5.74, 6) is 0. The van der Waals surface area contributed by atoms with Gasteiger partial charge in [-0.1, -0.05) is 30.9 Å². The van der Waals surface area contributed by atoms with Crippen molar-refractivity contribution >= 4 is 22.8 Å². The molecule has 1 heterocycles. The fourth-order valence-electron chi connectivity index (χ4n) is 1.56. The summed E-state index contributed by atoms with van der Waals surface area (Å²) in [4.78, 5) is 7.63. The summed E-state index contributed by atoms with van der Waals surface area (Å²) >= 11 is 0. The number of fused-ring (bicyclic) bond motifs is 1. The third-order valence-electron chi connectivity index (χ3n) is 2.17. The smallest absolute Gasteiger partial charge is 0.0912 e. The number of para-hydroxylation sites is 1. The van der Waals surface area contributed by atoms with Crippen molar-refractivity contribution in [1.29, 1.82) is 0 Å². The summed E-state index contributed by atoms with van der Waals surface area (Å²) in [5.41, 5.74) is 3.21. The van der Waals surface area contributed by atoms with E-state index in [4.69, 9.17) is 0 Å². The molecular weight excluding hydrogens is 172 g/mol. The van der Waals surface area contributed by atoms with Crippen molar-refractivity contribution in [2.45, 2.75) is 6.92 Å². The fourth-order valence-corrected chi connectivity index (χ4v) is 1.56. The number of aromatic amines is 1. The Morgan fingerprint density at radius 3 is 2.93 bits per heavy atom. The highest BCUT2D eigenvalue weighted by Gasteiger charge is 2.04. The molecule has 0 aliphatic heterocycles. The van der Waals surface area contributed by atoms with Crippen LogP contribution in [0, 0.1) is 6.92 Å². The minimum absolute atomic E-state index is 1.00. The number of benzene rings is 1. The second kappa shape index (κ2) is 3.50. The summed E-state index contributed by atoms with van der Waals surface area (Å²) in [5, 5.41) is 1.16. The molecule has 0 saturated carbocycles. The monoisotopic (exact) mass is 184 g/mol. The predicted octanol–water partition coefficient (Wildman–Crippen LogP) is 3.36. The Hall–Kier alpha value is -1.83. The number of allylic oxidation sites excluding steroid dienone is 1. The predicted molar refractivity (Wildman–Crippen MR) is 61.4 cm³/mol. The molecule has 1 aromatic heterocycles. The zero-order valence-electron chi connectivity index (χ0n) is 8.12. The zero-order valence-corrected chi connectivity index (χ0v) is 8.12. The van der Waals surface area contributed by atoms with Crippen LogP contribution < -0.4 is 0 Å². The van der Waals surface area contributed by atoms with Gasteiger partial charge in [0.1, 0.15) is 0 Å². The van der Waals surface area contributed by atoms with E-state index in [1.165, 1.54) is 0 Å². The third kappa shape index (κ3) is 1.35. The molecule has 2 rings (SSSR count). The highest BCUT2D eigenvalue weighted by molar-refractivity contribution is 5.94. The first kappa shape index (κ1) is 8.75. The van der Waals surface area contributed by atoms with Crippen LogP contribution in [0.5, 0.6) is 0 Å². The molecule has 1 N–H and O–H groups in total. The Morgan fingerprint density at radius 1 is 1.36 bits per heavy atom. The molecule has 14 heavy (non-hydrogen) atoms. The van der Waals surface area contributed by atoms with Gasteiger partial charge in [-0.3, -0.25) is 4.99 Å². The van der Waals surface area contributed by atoms with E-state index >= 15 is 0 Å². The average Bonchev–Trinajstić information content (AvgIpc) is 2.51. The topological polar surface area (TPSA) is 28.1 Å². The molecule has 2 aromatic rings. The number of nitrogens with one attached hydrogen (secondary N) is 1. The number of hydrogen-bond acceptors (Lipinski definition) is 1. The van der Waals surface area contributed by atoms with Crippen molar-refractivity contribution in [3.8, 4) is 0 Å². The van der Waals surface area contributed by atoms with E-state index in [-0.39, 0.29) is 0 Å². The van der Waals surface area contributed by atoms with E-state index in [0.717, 1.165) is 22.3 Å². The molecule has 0 atom stereocenters. The molecule has 70 valence electrons. The van der Waals surface area contributed by atoms with Gasteiger partial charge in [0.15, 0.2) is 0 Å². The van der Waals surface area contributed by atoms with Gasteiger partial charge in [0.05, 0.1) is 5.69 Å². The van der Waals surface area contributed by atoms with E-state index < -0.39 is 0 Å². The number of rotatable bonds is 2. The number of aryl methyl sites for hydroxylation is 1. The van der Waals surface area contributed by atoms with Crippen molar-refractivity contribution in [3.63, 3.8) is 0 Å². The molecule has 0 aliphatic carbocycles. The number of hydrogen-bond donors (Lipinski definition) is 1. The van der Waals surface area contributed by atoms with Gasteiger partial charge in [-0.05, 0) is 13.0 Å². The number of nitrogens with zero attached hydrogens (tertiary/aromatic N) is 1. The maximum absolute atomic E-state index is 4.34. The van der Waals surface area contributed by atoms with Crippen LogP contribution in [0.15, 0.2) is 41.9 Å². The van der Waals surface area contributed by atoms with Gasteiger partial charge in [0.2, 0.25) is 0 Å². The Morgan fingerprint density at radius 2 is 2.14 bits per heavy atom. The van der Waals surface area contributed by atoms with Gasteiger partial charge in [-0.15, -0.1) is 0 Å². The van der Waals surface area contributed by atoms with E-state index in [9.17, 15) is 0 Å². The quantitative estimate of drug-likeness (QED) is 0.693. The molecule has 0 radical (unpaired) electrons. The van der Waals surface area contributed by atoms with Crippen LogP contribution >= 0.6 is 0 Å². The molecule has 0 unspecified atom stereocenters. The molecule has 0 spiro atoms. The first-order valence-corrected chi connectivity index (χ1v) is 4.55. The summed E-state index contributed by atoms with van der Waals surface area (Å²) in [7, 11) is 0. The largest absolute Gasteiger partial charge is 0.357 e. The molecule has 0 amide bonds. The Balaban J connectivity index is 2.67. The maximum Gasteiger partial charge on any atom is 0.0912 e. The summed E-state index contributed by atoms with van der Waals surface area (Å²) in [6.07, 6.45) is 3.39. The molecule has 0 saturated heterocycles. The van der Waals surface area contributed by atoms with Gasteiger partial charge in [0.25, 0.3) is 0 Å². The van der Waals surface area contributed by atoms with Crippen LogP contribution in [-0.2, 0) is 0 Å². The summed E-state index contributed by atoms with van der Waals surface area (Å²) in [6, 6.07) is 8.14. The molecule has 0 aliphatic rings. The van der Waals surface area contributed by atoms with Crippen LogP contribution in [0.4, 0.5) is 5.69 Å². The van der Waals surface area contributed by atoms with Gasteiger partial charge < -0.3 is 4.98 Å². The highest BCUT2D eigenvalue weighted by Crippen LogP contribution is 2.29. The normalized spacial score (nSPS) is 11.2. The lowest BCUT2D eigenvalue weighted by atomic mass is 10.2. The second-order valence-corrected chi connectivity index (χ2v) is 3.16. The molecule has 2 nitrogen and oxygen atoms in total. The second-order valence-electron chi connectivity index (χ2n) is 3.16. The number of aromatic nitrogens is 1. The molecule has 0 bridgehead atoms. The van der Waals surface area contributed by atoms with Crippen molar-refractivity contribution in [3.05, 3.63) is 42.6 Å². The van der Waals surface area contributed by atoms with Crippen molar-refractivity contribution < 1.29 is 0 Å². The standard InChI is InChI=1S/C12H12N2/c1-3-8-13-12-9(2)14-11-7-5-4-6-10(11)12/h3-8,14H,1H2,2H3/b13-8-. The zero-order chi connectivity index (χ0) is 9.97. The van der Waals surface area contributed by atoms with Crippen LogP contribution in [0.3, 0.4) is 0 Å². The van der Waals surface area contributed by atoms with Crippen LogP contribution in [0.1, 0.15) is 5.69 Å². The Bertz CT molecular complexity index is 492. The van der Waals surface area contributed by atoms with Gasteiger partial charge in [0, 0.05) is 22.8 Å². The lowest BCUT2D eigenvalue weighted by Gasteiger charge is -1.90. The Labute approximate surface area is 83.0 Å². The maximum atomic E-state index is 4.34. The highest BCUT2D eigenvalue weighted by atomic mass is 14.8. The molecule has 0 fully saturated rings. The minimum atomic E-state index is 1.00. The first-order chi connectivity index (χ1) is 6.83. The Kier molecular flexibility index (Phi) is 2.19. The SMILES string of the molecule is C=C/C=N\c1c(C)[nH]c2ccccc12. The number of H-pyrrole nitrogens is 1. The molecular formula is C12H12N2. The van der Waals surface area contributed by atoms with Gasteiger partial charge in [-0.2, -0.15) is 0 Å².